The Bertz CT molecular complexity index is 858. The molecule has 1 saturated carbocycles. The second kappa shape index (κ2) is 8.14. The Labute approximate surface area is 164 Å². The lowest BCUT2D eigenvalue weighted by molar-refractivity contribution is -0.125. The number of nitrogens with one attached hydrogen (secondary N) is 3. The van der Waals surface area contributed by atoms with Crippen LogP contribution in [0.1, 0.15) is 36.3 Å². The van der Waals surface area contributed by atoms with Crippen molar-refractivity contribution in [2.75, 3.05) is 18.4 Å². The molecule has 28 heavy (non-hydrogen) atoms. The first-order chi connectivity index (χ1) is 13.6. The second-order valence-electron chi connectivity index (χ2n) is 7.85. The highest BCUT2D eigenvalue weighted by molar-refractivity contribution is 5.93. The van der Waals surface area contributed by atoms with E-state index < -0.39 is 0 Å². The third-order valence-corrected chi connectivity index (χ3v) is 5.84. The third-order valence-electron chi connectivity index (χ3n) is 5.84. The molecule has 3 N–H and O–H groups in total. The molecule has 2 amide bonds. The summed E-state index contributed by atoms with van der Waals surface area (Å²) in [7, 11) is 1.89. The van der Waals surface area contributed by atoms with E-state index in [4.69, 9.17) is 0 Å². The van der Waals surface area contributed by atoms with Crippen molar-refractivity contribution in [3.8, 4) is 0 Å². The van der Waals surface area contributed by atoms with E-state index in [2.05, 4.69) is 21.0 Å². The van der Waals surface area contributed by atoms with Crippen molar-refractivity contribution in [1.82, 2.24) is 20.4 Å². The quantitative estimate of drug-likeness (QED) is 0.712. The van der Waals surface area contributed by atoms with E-state index in [1.165, 1.54) is 0 Å². The van der Waals surface area contributed by atoms with Crippen LogP contribution in [-0.4, -0.2) is 34.7 Å². The molecule has 4 rings (SSSR count). The highest BCUT2D eigenvalue weighted by atomic mass is 16.2. The topological polar surface area (TPSA) is 88.0 Å². The van der Waals surface area contributed by atoms with E-state index in [0.717, 1.165) is 42.6 Å². The van der Waals surface area contributed by atoms with Gasteiger partial charge >= 0.3 is 0 Å². The van der Waals surface area contributed by atoms with E-state index >= 15 is 0 Å². The number of benzene rings is 1. The Kier molecular flexibility index (Phi) is 5.43. The molecule has 2 aromatic rings. The first-order valence-electron chi connectivity index (χ1n) is 9.97. The van der Waals surface area contributed by atoms with Crippen LogP contribution in [0.4, 0.5) is 5.69 Å². The van der Waals surface area contributed by atoms with Crippen LogP contribution < -0.4 is 16.0 Å². The van der Waals surface area contributed by atoms with Gasteiger partial charge in [-0.05, 0) is 36.1 Å². The maximum absolute atomic E-state index is 12.8. The van der Waals surface area contributed by atoms with E-state index in [-0.39, 0.29) is 29.6 Å². The van der Waals surface area contributed by atoms with Crippen LogP contribution in [-0.2, 0) is 23.2 Å². The fourth-order valence-corrected chi connectivity index (χ4v) is 3.93. The predicted octanol–water partition coefficient (Wildman–Crippen LogP) is 1.78. The van der Waals surface area contributed by atoms with Gasteiger partial charge in [0.25, 0.3) is 0 Å². The molecule has 1 saturated heterocycles. The van der Waals surface area contributed by atoms with Gasteiger partial charge < -0.3 is 16.0 Å². The Morgan fingerprint density at radius 2 is 2.11 bits per heavy atom. The maximum atomic E-state index is 12.8. The highest BCUT2D eigenvalue weighted by Crippen LogP contribution is 2.29. The summed E-state index contributed by atoms with van der Waals surface area (Å²) in [6.45, 7) is 1.90. The normalized spacial score (nSPS) is 21.9. The fourth-order valence-electron chi connectivity index (χ4n) is 3.93. The lowest BCUT2D eigenvalue weighted by Crippen LogP contribution is -2.34. The van der Waals surface area contributed by atoms with Crippen molar-refractivity contribution in [3.63, 3.8) is 0 Å². The van der Waals surface area contributed by atoms with E-state index in [0.29, 0.717) is 13.1 Å². The van der Waals surface area contributed by atoms with Gasteiger partial charge in [0.2, 0.25) is 11.8 Å². The molecule has 0 spiro atoms. The zero-order valence-corrected chi connectivity index (χ0v) is 16.1. The number of hydrogen-bond acceptors (Lipinski definition) is 4. The van der Waals surface area contributed by atoms with Crippen LogP contribution >= 0.6 is 0 Å². The Balaban J connectivity index is 1.34. The standard InChI is InChI=1S/C21H27N5O2/c1-26-13-16(10-24-26)18-11-22-12-19(18)21(28)23-9-14-4-2-7-17(8-14)25-20(27)15-5-3-6-15/h2,4,7-8,10,13,15,18-19,22H,3,5-6,9,11-12H2,1H3,(H,23,28)(H,25,27)/t18-,19+/m1/s1. The van der Waals surface area contributed by atoms with Crippen molar-refractivity contribution in [2.45, 2.75) is 31.7 Å². The third kappa shape index (κ3) is 4.09. The number of amides is 2. The molecule has 1 aliphatic heterocycles. The van der Waals surface area contributed by atoms with E-state index in [1.54, 1.807) is 4.68 Å². The number of aromatic nitrogens is 2. The smallest absolute Gasteiger partial charge is 0.227 e. The number of hydrogen-bond donors (Lipinski definition) is 3. The molecule has 1 aliphatic carbocycles. The van der Waals surface area contributed by atoms with Gasteiger partial charge in [0.15, 0.2) is 0 Å². The summed E-state index contributed by atoms with van der Waals surface area (Å²) in [5.41, 5.74) is 2.86. The second-order valence-corrected chi connectivity index (χ2v) is 7.85. The van der Waals surface area contributed by atoms with Gasteiger partial charge in [0.05, 0.1) is 12.1 Å². The van der Waals surface area contributed by atoms with Gasteiger partial charge in [-0.3, -0.25) is 14.3 Å². The molecular formula is C21H27N5O2. The van der Waals surface area contributed by atoms with Crippen LogP contribution in [0.25, 0.3) is 0 Å². The van der Waals surface area contributed by atoms with Crippen molar-refractivity contribution < 1.29 is 9.59 Å². The summed E-state index contributed by atoms with van der Waals surface area (Å²) in [6.07, 6.45) is 6.92. The number of carbonyl (C=O) groups excluding carboxylic acids is 2. The first kappa shape index (κ1) is 18.7. The largest absolute Gasteiger partial charge is 0.352 e. The molecule has 0 unspecified atom stereocenters. The Morgan fingerprint density at radius 3 is 2.82 bits per heavy atom. The summed E-state index contributed by atoms with van der Waals surface area (Å²) in [5.74, 6) is 0.335. The van der Waals surface area contributed by atoms with Crippen molar-refractivity contribution in [3.05, 3.63) is 47.8 Å². The number of anilines is 1. The monoisotopic (exact) mass is 381 g/mol. The van der Waals surface area contributed by atoms with Crippen LogP contribution in [0, 0.1) is 11.8 Å². The van der Waals surface area contributed by atoms with Gasteiger partial charge in [0, 0.05) is 50.4 Å². The van der Waals surface area contributed by atoms with Crippen LogP contribution in [0.5, 0.6) is 0 Å². The van der Waals surface area contributed by atoms with E-state index in [1.807, 2.05) is 43.7 Å². The first-order valence-corrected chi connectivity index (χ1v) is 9.97. The zero-order valence-electron chi connectivity index (χ0n) is 16.1. The fraction of sp³-hybridized carbons (Fsp3) is 0.476. The van der Waals surface area contributed by atoms with Gasteiger partial charge in [-0.15, -0.1) is 0 Å². The summed E-state index contributed by atoms with van der Waals surface area (Å²) < 4.78 is 1.77. The summed E-state index contributed by atoms with van der Waals surface area (Å²) in [6, 6.07) is 7.70. The minimum atomic E-state index is -0.106. The van der Waals surface area contributed by atoms with Gasteiger partial charge in [0.1, 0.15) is 0 Å². The van der Waals surface area contributed by atoms with Gasteiger partial charge in [-0.25, -0.2) is 0 Å². The lowest BCUT2D eigenvalue weighted by Gasteiger charge is -2.24. The number of aryl methyl sites for hydroxylation is 1. The molecule has 0 bridgehead atoms. The Hall–Kier alpha value is -2.67. The molecule has 2 aliphatic rings. The van der Waals surface area contributed by atoms with Crippen molar-refractivity contribution >= 4 is 17.5 Å². The predicted molar refractivity (Wildman–Crippen MR) is 107 cm³/mol. The van der Waals surface area contributed by atoms with Gasteiger partial charge in [-0.1, -0.05) is 18.6 Å². The minimum Gasteiger partial charge on any atom is -0.352 e. The Morgan fingerprint density at radius 1 is 1.25 bits per heavy atom. The molecule has 148 valence electrons. The zero-order chi connectivity index (χ0) is 19.5. The molecule has 2 atom stereocenters. The molecule has 0 radical (unpaired) electrons. The number of rotatable bonds is 6. The van der Waals surface area contributed by atoms with Gasteiger partial charge in [-0.2, -0.15) is 5.10 Å². The molecular weight excluding hydrogens is 354 g/mol. The average molecular weight is 381 g/mol. The highest BCUT2D eigenvalue weighted by Gasteiger charge is 2.34. The SMILES string of the molecule is Cn1cc([C@H]2CNC[C@@H]2C(=O)NCc2cccc(NC(=O)C3CCC3)c2)cn1. The van der Waals surface area contributed by atoms with Crippen LogP contribution in [0.15, 0.2) is 36.7 Å². The summed E-state index contributed by atoms with van der Waals surface area (Å²) in [4.78, 5) is 24.9. The molecule has 7 heteroatoms. The molecule has 1 aromatic heterocycles. The van der Waals surface area contributed by atoms with Crippen molar-refractivity contribution in [1.29, 1.82) is 0 Å². The molecule has 2 heterocycles. The maximum Gasteiger partial charge on any atom is 0.227 e. The lowest BCUT2D eigenvalue weighted by atomic mass is 9.85. The minimum absolute atomic E-state index is 0.0442. The molecule has 2 fully saturated rings. The average Bonchev–Trinajstić information content (AvgIpc) is 3.27. The molecule has 7 nitrogen and oxygen atoms in total. The summed E-state index contributed by atoms with van der Waals surface area (Å²) >= 11 is 0. The number of carbonyl (C=O) groups is 2. The van der Waals surface area contributed by atoms with Crippen molar-refractivity contribution in [2.24, 2.45) is 18.9 Å². The summed E-state index contributed by atoms with van der Waals surface area (Å²) in [5, 5.41) is 13.6. The molecule has 1 aromatic carbocycles. The number of nitrogens with zero attached hydrogens (tertiary/aromatic N) is 2. The van der Waals surface area contributed by atoms with Crippen LogP contribution in [0.3, 0.4) is 0 Å². The van der Waals surface area contributed by atoms with E-state index in [9.17, 15) is 9.59 Å². The van der Waals surface area contributed by atoms with Crippen LogP contribution in [0.2, 0.25) is 0 Å².